The third kappa shape index (κ3) is 4.84. The first kappa shape index (κ1) is 15.9. The standard InChI is InChI=1S/C14H29NO3/c1-2-3-4-5-6-7-8-12-11(10-16)14(18)13(17)9-15-12/h11-18H,2-10H2,1H3/t11-,12-,13+,14+/m0/s1. The van der Waals surface area contributed by atoms with E-state index in [1.165, 1.54) is 32.1 Å². The topological polar surface area (TPSA) is 72.7 Å². The monoisotopic (exact) mass is 259 g/mol. The van der Waals surface area contributed by atoms with Gasteiger partial charge in [-0.05, 0) is 6.42 Å². The summed E-state index contributed by atoms with van der Waals surface area (Å²) >= 11 is 0. The maximum absolute atomic E-state index is 9.83. The van der Waals surface area contributed by atoms with E-state index in [2.05, 4.69) is 12.2 Å². The number of rotatable bonds is 8. The summed E-state index contributed by atoms with van der Waals surface area (Å²) < 4.78 is 0. The van der Waals surface area contributed by atoms with Crippen LogP contribution in [0.2, 0.25) is 0 Å². The SMILES string of the molecule is CCCCCCCC[C@@H]1NC[C@@H](O)[C@H](O)[C@H]1CO. The zero-order valence-electron chi connectivity index (χ0n) is 11.5. The molecule has 0 aliphatic carbocycles. The van der Waals surface area contributed by atoms with E-state index in [9.17, 15) is 15.3 Å². The molecular formula is C14H29NO3. The number of unbranched alkanes of at least 4 members (excludes halogenated alkanes) is 5. The van der Waals surface area contributed by atoms with Crippen LogP contribution in [0.3, 0.4) is 0 Å². The summed E-state index contributed by atoms with van der Waals surface area (Å²) in [5, 5.41) is 31.9. The molecule has 0 aromatic heterocycles. The normalized spacial score (nSPS) is 32.7. The van der Waals surface area contributed by atoms with Crippen LogP contribution in [0.1, 0.15) is 51.9 Å². The number of piperidine rings is 1. The van der Waals surface area contributed by atoms with Crippen molar-refractivity contribution >= 4 is 0 Å². The van der Waals surface area contributed by atoms with E-state index in [1.807, 2.05) is 0 Å². The van der Waals surface area contributed by atoms with E-state index in [0.717, 1.165) is 12.8 Å². The minimum Gasteiger partial charge on any atom is -0.396 e. The maximum atomic E-state index is 9.83. The van der Waals surface area contributed by atoms with E-state index in [4.69, 9.17) is 0 Å². The van der Waals surface area contributed by atoms with Gasteiger partial charge in [-0.2, -0.15) is 0 Å². The zero-order valence-corrected chi connectivity index (χ0v) is 11.5. The molecular weight excluding hydrogens is 230 g/mol. The Morgan fingerprint density at radius 2 is 1.72 bits per heavy atom. The molecule has 4 N–H and O–H groups in total. The largest absolute Gasteiger partial charge is 0.396 e. The molecule has 4 nitrogen and oxygen atoms in total. The highest BCUT2D eigenvalue weighted by molar-refractivity contribution is 4.91. The third-order valence-corrected chi connectivity index (χ3v) is 4.02. The summed E-state index contributed by atoms with van der Waals surface area (Å²) in [6, 6.07) is 0.138. The number of aliphatic hydroxyl groups excluding tert-OH is 3. The fraction of sp³-hybridized carbons (Fsp3) is 1.00. The molecule has 1 aliphatic rings. The molecule has 108 valence electrons. The van der Waals surface area contributed by atoms with Crippen molar-refractivity contribution in [1.29, 1.82) is 0 Å². The van der Waals surface area contributed by atoms with Crippen LogP contribution in [0.15, 0.2) is 0 Å². The van der Waals surface area contributed by atoms with Gasteiger partial charge < -0.3 is 20.6 Å². The number of hydrogen-bond donors (Lipinski definition) is 4. The lowest BCUT2D eigenvalue weighted by molar-refractivity contribution is -0.0679. The predicted octanol–water partition coefficient (Wildman–Crippen LogP) is 1.04. The summed E-state index contributed by atoms with van der Waals surface area (Å²) in [6.07, 6.45) is 6.93. The van der Waals surface area contributed by atoms with E-state index in [1.54, 1.807) is 0 Å². The van der Waals surface area contributed by atoms with E-state index >= 15 is 0 Å². The Morgan fingerprint density at radius 3 is 2.39 bits per heavy atom. The van der Waals surface area contributed by atoms with E-state index in [-0.39, 0.29) is 18.6 Å². The van der Waals surface area contributed by atoms with Gasteiger partial charge in [0.25, 0.3) is 0 Å². The van der Waals surface area contributed by atoms with Crippen LogP contribution in [0.25, 0.3) is 0 Å². The third-order valence-electron chi connectivity index (χ3n) is 4.02. The van der Waals surface area contributed by atoms with Gasteiger partial charge in [0, 0.05) is 25.1 Å². The Labute approximate surface area is 110 Å². The molecule has 0 unspecified atom stereocenters. The van der Waals surface area contributed by atoms with Crippen molar-refractivity contribution in [3.63, 3.8) is 0 Å². The highest BCUT2D eigenvalue weighted by atomic mass is 16.3. The predicted molar refractivity (Wildman–Crippen MR) is 72.4 cm³/mol. The van der Waals surface area contributed by atoms with Gasteiger partial charge in [-0.3, -0.25) is 0 Å². The smallest absolute Gasteiger partial charge is 0.0927 e. The molecule has 1 saturated heterocycles. The van der Waals surface area contributed by atoms with Crippen molar-refractivity contribution in [3.8, 4) is 0 Å². The summed E-state index contributed by atoms with van der Waals surface area (Å²) in [7, 11) is 0. The lowest BCUT2D eigenvalue weighted by Gasteiger charge is -2.38. The van der Waals surface area contributed by atoms with Crippen LogP contribution in [0, 0.1) is 5.92 Å². The Hall–Kier alpha value is -0.160. The summed E-state index contributed by atoms with van der Waals surface area (Å²) in [5.74, 6) is -0.232. The molecule has 0 aromatic carbocycles. The summed E-state index contributed by atoms with van der Waals surface area (Å²) in [6.45, 7) is 2.58. The minimum absolute atomic E-state index is 0.0638. The first-order valence-corrected chi connectivity index (χ1v) is 7.41. The van der Waals surface area contributed by atoms with Crippen LogP contribution >= 0.6 is 0 Å². The number of aliphatic hydroxyl groups is 3. The van der Waals surface area contributed by atoms with Gasteiger partial charge >= 0.3 is 0 Å². The van der Waals surface area contributed by atoms with Crippen molar-refractivity contribution in [1.82, 2.24) is 5.32 Å². The zero-order chi connectivity index (χ0) is 13.4. The Morgan fingerprint density at radius 1 is 1.06 bits per heavy atom. The molecule has 0 saturated carbocycles. The summed E-state index contributed by atoms with van der Waals surface area (Å²) in [5.41, 5.74) is 0. The van der Waals surface area contributed by atoms with Crippen LogP contribution in [0.5, 0.6) is 0 Å². The van der Waals surface area contributed by atoms with Crippen LogP contribution in [-0.4, -0.2) is 46.7 Å². The van der Waals surface area contributed by atoms with E-state index < -0.39 is 12.2 Å². The van der Waals surface area contributed by atoms with Gasteiger partial charge in [0.2, 0.25) is 0 Å². The minimum atomic E-state index is -0.790. The molecule has 4 atom stereocenters. The molecule has 0 bridgehead atoms. The molecule has 0 aromatic rings. The molecule has 1 rings (SSSR count). The van der Waals surface area contributed by atoms with Crippen molar-refractivity contribution < 1.29 is 15.3 Å². The molecule has 1 aliphatic heterocycles. The average molecular weight is 259 g/mol. The lowest BCUT2D eigenvalue weighted by atomic mass is 9.84. The quantitative estimate of drug-likeness (QED) is 0.492. The van der Waals surface area contributed by atoms with Gasteiger partial charge in [-0.1, -0.05) is 45.4 Å². The van der Waals surface area contributed by atoms with Gasteiger partial charge in [-0.15, -0.1) is 0 Å². The highest BCUT2D eigenvalue weighted by Gasteiger charge is 2.36. The maximum Gasteiger partial charge on any atom is 0.0927 e. The second-order valence-corrected chi connectivity index (χ2v) is 5.48. The first-order chi connectivity index (χ1) is 8.70. The molecule has 0 spiro atoms. The Balaban J connectivity index is 2.20. The van der Waals surface area contributed by atoms with Gasteiger partial charge in [-0.25, -0.2) is 0 Å². The molecule has 1 fully saturated rings. The van der Waals surface area contributed by atoms with Gasteiger partial charge in [0.1, 0.15) is 0 Å². The van der Waals surface area contributed by atoms with Crippen molar-refractivity contribution in [2.24, 2.45) is 5.92 Å². The van der Waals surface area contributed by atoms with Gasteiger partial charge in [0.05, 0.1) is 12.2 Å². The number of β-amino-alcohol motifs (C(OH)–C–C–N with tert-alkyl or cyclic N) is 1. The second-order valence-electron chi connectivity index (χ2n) is 5.48. The van der Waals surface area contributed by atoms with Crippen molar-refractivity contribution in [2.75, 3.05) is 13.2 Å². The first-order valence-electron chi connectivity index (χ1n) is 7.41. The molecule has 1 heterocycles. The van der Waals surface area contributed by atoms with E-state index in [0.29, 0.717) is 6.54 Å². The van der Waals surface area contributed by atoms with Gasteiger partial charge in [0.15, 0.2) is 0 Å². The molecule has 18 heavy (non-hydrogen) atoms. The molecule has 0 radical (unpaired) electrons. The van der Waals surface area contributed by atoms with Crippen LogP contribution in [0.4, 0.5) is 0 Å². The fourth-order valence-corrected chi connectivity index (χ4v) is 2.76. The Kier molecular flexibility index (Phi) is 7.82. The highest BCUT2D eigenvalue weighted by Crippen LogP contribution is 2.21. The second kappa shape index (κ2) is 8.86. The van der Waals surface area contributed by atoms with Crippen LogP contribution in [-0.2, 0) is 0 Å². The lowest BCUT2D eigenvalue weighted by Crippen LogP contribution is -2.57. The summed E-state index contributed by atoms with van der Waals surface area (Å²) in [4.78, 5) is 0. The van der Waals surface area contributed by atoms with Crippen molar-refractivity contribution in [3.05, 3.63) is 0 Å². The van der Waals surface area contributed by atoms with Crippen molar-refractivity contribution in [2.45, 2.75) is 70.1 Å². The average Bonchev–Trinajstić information content (AvgIpc) is 2.38. The Bertz CT molecular complexity index is 213. The molecule has 0 amide bonds. The number of nitrogens with one attached hydrogen (secondary N) is 1. The fourth-order valence-electron chi connectivity index (χ4n) is 2.76. The van der Waals surface area contributed by atoms with Crippen LogP contribution < -0.4 is 5.32 Å². The molecule has 4 heteroatoms. The number of hydrogen-bond acceptors (Lipinski definition) is 4.